The van der Waals surface area contributed by atoms with E-state index in [4.69, 9.17) is 11.2 Å². The number of rotatable bonds is 4. The van der Waals surface area contributed by atoms with Gasteiger partial charge < -0.3 is 4.74 Å². The second kappa shape index (κ2) is 5.26. The highest BCUT2D eigenvalue weighted by atomic mass is 19.1. The summed E-state index contributed by atoms with van der Waals surface area (Å²) in [6.07, 6.45) is 4.67. The van der Waals surface area contributed by atoms with Gasteiger partial charge in [0.15, 0.2) is 0 Å². The van der Waals surface area contributed by atoms with Crippen LogP contribution in [0.25, 0.3) is 0 Å². The fraction of sp³-hybridized carbons (Fsp3) is 0.250. The standard InChI is InChI=1S/C12H10F2O2/c1-3-4-16-9-6-11(13)10(5-8(2)15)12(14)7-9/h1,6-7H,4-5H2,2H3. The molecule has 16 heavy (non-hydrogen) atoms. The molecule has 0 radical (unpaired) electrons. The summed E-state index contributed by atoms with van der Waals surface area (Å²) in [6, 6.07) is 2.03. The summed E-state index contributed by atoms with van der Waals surface area (Å²) in [5.41, 5.74) is -0.249. The van der Waals surface area contributed by atoms with Gasteiger partial charge in [-0.2, -0.15) is 0 Å². The number of terminal acetylenes is 1. The van der Waals surface area contributed by atoms with Gasteiger partial charge in [-0.25, -0.2) is 8.78 Å². The van der Waals surface area contributed by atoms with Crippen molar-refractivity contribution in [3.63, 3.8) is 0 Å². The summed E-state index contributed by atoms with van der Waals surface area (Å²) in [7, 11) is 0. The number of carbonyl (C=O) groups excluding carboxylic acids is 1. The predicted molar refractivity (Wildman–Crippen MR) is 55.1 cm³/mol. The number of carbonyl (C=O) groups is 1. The average Bonchev–Trinajstić information content (AvgIpc) is 2.20. The zero-order chi connectivity index (χ0) is 12.1. The van der Waals surface area contributed by atoms with Gasteiger partial charge in [-0.1, -0.05) is 5.92 Å². The molecule has 0 aliphatic rings. The third-order valence-electron chi connectivity index (χ3n) is 1.86. The minimum absolute atomic E-state index is 0.0141. The largest absolute Gasteiger partial charge is 0.481 e. The van der Waals surface area contributed by atoms with Crippen LogP contribution in [0.1, 0.15) is 12.5 Å². The van der Waals surface area contributed by atoms with Crippen molar-refractivity contribution in [2.24, 2.45) is 0 Å². The molecule has 0 aliphatic heterocycles. The van der Waals surface area contributed by atoms with Crippen molar-refractivity contribution >= 4 is 5.78 Å². The lowest BCUT2D eigenvalue weighted by molar-refractivity contribution is -0.116. The summed E-state index contributed by atoms with van der Waals surface area (Å²) in [4.78, 5) is 10.8. The summed E-state index contributed by atoms with van der Waals surface area (Å²) in [6.45, 7) is 1.20. The molecule has 1 rings (SSSR count). The van der Waals surface area contributed by atoms with E-state index in [0.29, 0.717) is 0 Å². The number of ether oxygens (including phenoxy) is 1. The topological polar surface area (TPSA) is 26.3 Å². The molecule has 0 spiro atoms. The molecule has 0 unspecified atom stereocenters. The van der Waals surface area contributed by atoms with Crippen LogP contribution in [-0.2, 0) is 11.2 Å². The van der Waals surface area contributed by atoms with Gasteiger partial charge in [0.1, 0.15) is 29.8 Å². The molecule has 1 aromatic rings. The smallest absolute Gasteiger partial charge is 0.148 e. The van der Waals surface area contributed by atoms with E-state index in [0.717, 1.165) is 12.1 Å². The fourth-order valence-electron chi connectivity index (χ4n) is 1.21. The Hall–Kier alpha value is -1.89. The zero-order valence-electron chi connectivity index (χ0n) is 8.72. The van der Waals surface area contributed by atoms with Gasteiger partial charge in [-0.05, 0) is 6.92 Å². The van der Waals surface area contributed by atoms with Crippen LogP contribution in [0.15, 0.2) is 12.1 Å². The van der Waals surface area contributed by atoms with Crippen LogP contribution in [0.3, 0.4) is 0 Å². The molecule has 4 heteroatoms. The van der Waals surface area contributed by atoms with Crippen LogP contribution >= 0.6 is 0 Å². The molecule has 0 amide bonds. The predicted octanol–water partition coefficient (Wildman–Crippen LogP) is 2.11. The Morgan fingerprint density at radius 1 is 1.44 bits per heavy atom. The highest BCUT2D eigenvalue weighted by molar-refractivity contribution is 5.78. The van der Waals surface area contributed by atoms with Gasteiger partial charge >= 0.3 is 0 Å². The second-order valence-electron chi connectivity index (χ2n) is 3.24. The van der Waals surface area contributed by atoms with E-state index in [1.54, 1.807) is 0 Å². The van der Waals surface area contributed by atoms with Crippen LogP contribution in [0.5, 0.6) is 5.75 Å². The maximum absolute atomic E-state index is 13.4. The van der Waals surface area contributed by atoms with Gasteiger partial charge in [-0.15, -0.1) is 6.42 Å². The molecule has 0 N–H and O–H groups in total. The van der Waals surface area contributed by atoms with E-state index in [1.165, 1.54) is 6.92 Å². The first-order valence-electron chi connectivity index (χ1n) is 4.58. The van der Waals surface area contributed by atoms with Crippen LogP contribution in [0, 0.1) is 24.0 Å². The lowest BCUT2D eigenvalue weighted by Crippen LogP contribution is -2.04. The highest BCUT2D eigenvalue weighted by Gasteiger charge is 2.13. The molecule has 0 saturated carbocycles. The molecule has 0 bridgehead atoms. The van der Waals surface area contributed by atoms with Crippen LogP contribution in [-0.4, -0.2) is 12.4 Å². The monoisotopic (exact) mass is 224 g/mol. The number of benzene rings is 1. The van der Waals surface area contributed by atoms with Crippen molar-refractivity contribution in [3.8, 4) is 18.1 Å². The summed E-state index contributed by atoms with van der Waals surface area (Å²) >= 11 is 0. The summed E-state index contributed by atoms with van der Waals surface area (Å²) < 4.78 is 31.6. The van der Waals surface area contributed by atoms with Crippen molar-refractivity contribution in [2.45, 2.75) is 13.3 Å². The van der Waals surface area contributed by atoms with Crippen molar-refractivity contribution in [2.75, 3.05) is 6.61 Å². The van der Waals surface area contributed by atoms with Crippen LogP contribution in [0.2, 0.25) is 0 Å². The summed E-state index contributed by atoms with van der Waals surface area (Å²) in [5, 5.41) is 0. The number of halogens is 2. The third kappa shape index (κ3) is 3.06. The normalized spacial score (nSPS) is 9.62. The van der Waals surface area contributed by atoms with E-state index in [9.17, 15) is 13.6 Å². The molecular weight excluding hydrogens is 214 g/mol. The minimum Gasteiger partial charge on any atom is -0.481 e. The molecule has 0 fully saturated rings. The van der Waals surface area contributed by atoms with Gasteiger partial charge in [0.25, 0.3) is 0 Å². The quantitative estimate of drug-likeness (QED) is 0.732. The number of Topliss-reactive ketones (excluding diaryl/α,β-unsaturated/α-hetero) is 1. The maximum Gasteiger partial charge on any atom is 0.148 e. The van der Waals surface area contributed by atoms with Gasteiger partial charge in [-0.3, -0.25) is 4.79 Å². The first kappa shape index (κ1) is 12.2. The van der Waals surface area contributed by atoms with Gasteiger partial charge in [0.2, 0.25) is 0 Å². The molecule has 2 nitrogen and oxygen atoms in total. The Morgan fingerprint density at radius 3 is 2.44 bits per heavy atom. The highest BCUT2D eigenvalue weighted by Crippen LogP contribution is 2.21. The molecule has 1 aromatic carbocycles. The van der Waals surface area contributed by atoms with Gasteiger partial charge in [0, 0.05) is 24.1 Å². The van der Waals surface area contributed by atoms with E-state index in [-0.39, 0.29) is 30.1 Å². The Bertz CT molecular complexity index is 424. The molecular formula is C12H10F2O2. The summed E-state index contributed by atoms with van der Waals surface area (Å²) in [5.74, 6) is 0.278. The Labute approximate surface area is 92.2 Å². The molecule has 0 atom stereocenters. The maximum atomic E-state index is 13.4. The molecule has 84 valence electrons. The first-order valence-corrected chi connectivity index (χ1v) is 4.58. The van der Waals surface area contributed by atoms with Crippen molar-refractivity contribution in [1.29, 1.82) is 0 Å². The van der Waals surface area contributed by atoms with E-state index in [2.05, 4.69) is 5.92 Å². The molecule has 0 aromatic heterocycles. The van der Waals surface area contributed by atoms with E-state index < -0.39 is 11.6 Å². The third-order valence-corrected chi connectivity index (χ3v) is 1.86. The fourth-order valence-corrected chi connectivity index (χ4v) is 1.21. The molecule has 0 saturated heterocycles. The zero-order valence-corrected chi connectivity index (χ0v) is 8.72. The Morgan fingerprint density at radius 2 is 2.00 bits per heavy atom. The lowest BCUT2D eigenvalue weighted by atomic mass is 10.1. The van der Waals surface area contributed by atoms with Crippen LogP contribution < -0.4 is 4.74 Å². The number of hydrogen-bond donors (Lipinski definition) is 0. The minimum atomic E-state index is -0.803. The van der Waals surface area contributed by atoms with Crippen molar-refractivity contribution in [3.05, 3.63) is 29.3 Å². The second-order valence-corrected chi connectivity index (χ2v) is 3.24. The molecule has 0 heterocycles. The van der Waals surface area contributed by atoms with E-state index >= 15 is 0 Å². The van der Waals surface area contributed by atoms with Crippen LogP contribution in [0.4, 0.5) is 8.78 Å². The van der Waals surface area contributed by atoms with Crippen molar-refractivity contribution < 1.29 is 18.3 Å². The SMILES string of the molecule is C#CCOc1cc(F)c(CC(C)=O)c(F)c1. The average molecular weight is 224 g/mol. The Balaban J connectivity index is 2.98. The lowest BCUT2D eigenvalue weighted by Gasteiger charge is -2.07. The van der Waals surface area contributed by atoms with Gasteiger partial charge in [0.05, 0.1) is 0 Å². The van der Waals surface area contributed by atoms with Crippen molar-refractivity contribution in [1.82, 2.24) is 0 Å². The Kier molecular flexibility index (Phi) is 4.01. The molecule has 0 aliphatic carbocycles. The number of hydrogen-bond acceptors (Lipinski definition) is 2. The van der Waals surface area contributed by atoms with E-state index in [1.807, 2.05) is 0 Å². The number of ketones is 1. The first-order chi connectivity index (χ1) is 7.54.